The normalized spacial score (nSPS) is 10.9. The second-order valence-electron chi connectivity index (χ2n) is 3.58. The summed E-state index contributed by atoms with van der Waals surface area (Å²) in [7, 11) is -3.80. The molecule has 1 N–H and O–H groups in total. The molecule has 0 heterocycles. The van der Waals surface area contributed by atoms with E-state index in [1.807, 2.05) is 0 Å². The van der Waals surface area contributed by atoms with Crippen molar-refractivity contribution in [3.8, 4) is 12.3 Å². The quantitative estimate of drug-likeness (QED) is 0.376. The van der Waals surface area contributed by atoms with Gasteiger partial charge in [-0.15, -0.1) is 12.3 Å². The molecule has 1 aromatic carbocycles. The number of sulfonamides is 1. The van der Waals surface area contributed by atoms with Crippen LogP contribution >= 0.6 is 11.6 Å². The summed E-state index contributed by atoms with van der Waals surface area (Å²) in [5, 5.41) is 10.6. The van der Waals surface area contributed by atoms with Crippen LogP contribution in [-0.4, -0.2) is 19.9 Å². The Balaban J connectivity index is 2.93. The van der Waals surface area contributed by atoms with Gasteiger partial charge in [-0.2, -0.15) is 0 Å². The molecule has 8 heteroatoms. The van der Waals surface area contributed by atoms with Crippen LogP contribution in [0.1, 0.15) is 12.8 Å². The van der Waals surface area contributed by atoms with Crippen molar-refractivity contribution in [1.29, 1.82) is 0 Å². The van der Waals surface area contributed by atoms with Gasteiger partial charge in [0.15, 0.2) is 0 Å². The van der Waals surface area contributed by atoms with Gasteiger partial charge in [0.05, 0.1) is 9.82 Å². The maximum absolute atomic E-state index is 11.9. The molecule has 0 fully saturated rings. The minimum atomic E-state index is -3.80. The molecule has 0 atom stereocenters. The van der Waals surface area contributed by atoms with Crippen molar-refractivity contribution < 1.29 is 13.3 Å². The number of rotatable bonds is 6. The van der Waals surface area contributed by atoms with Gasteiger partial charge in [-0.3, -0.25) is 10.1 Å². The fourth-order valence-electron chi connectivity index (χ4n) is 1.28. The third-order valence-electron chi connectivity index (χ3n) is 2.21. The minimum absolute atomic E-state index is 0.115. The molecule has 0 saturated heterocycles. The Morgan fingerprint density at radius 3 is 2.74 bits per heavy atom. The zero-order valence-corrected chi connectivity index (χ0v) is 11.4. The minimum Gasteiger partial charge on any atom is -0.258 e. The maximum atomic E-state index is 11.9. The Morgan fingerprint density at radius 2 is 2.16 bits per heavy atom. The van der Waals surface area contributed by atoms with E-state index in [0.29, 0.717) is 12.8 Å². The van der Waals surface area contributed by atoms with Crippen molar-refractivity contribution in [2.24, 2.45) is 0 Å². The van der Waals surface area contributed by atoms with Crippen LogP contribution < -0.4 is 4.72 Å². The van der Waals surface area contributed by atoms with Gasteiger partial charge in [0.2, 0.25) is 10.0 Å². The molecular formula is C11H11ClN2O4S. The fraction of sp³-hybridized carbons (Fsp3) is 0.273. The molecule has 19 heavy (non-hydrogen) atoms. The van der Waals surface area contributed by atoms with E-state index in [1.165, 1.54) is 12.1 Å². The van der Waals surface area contributed by atoms with Gasteiger partial charge in [0.25, 0.3) is 5.69 Å². The van der Waals surface area contributed by atoms with Crippen molar-refractivity contribution in [1.82, 2.24) is 4.72 Å². The monoisotopic (exact) mass is 302 g/mol. The Hall–Kier alpha value is -1.62. The van der Waals surface area contributed by atoms with Crippen LogP contribution in [-0.2, 0) is 10.0 Å². The molecule has 6 nitrogen and oxygen atoms in total. The lowest BCUT2D eigenvalue weighted by Crippen LogP contribution is -2.24. The van der Waals surface area contributed by atoms with Crippen LogP contribution in [0.15, 0.2) is 23.1 Å². The molecular weight excluding hydrogens is 292 g/mol. The van der Waals surface area contributed by atoms with Gasteiger partial charge in [0, 0.05) is 19.0 Å². The fourth-order valence-corrected chi connectivity index (χ4v) is 2.56. The lowest BCUT2D eigenvalue weighted by molar-refractivity contribution is -0.384. The summed E-state index contributed by atoms with van der Waals surface area (Å²) < 4.78 is 26.0. The number of halogens is 1. The van der Waals surface area contributed by atoms with Gasteiger partial charge >= 0.3 is 0 Å². The first-order valence-electron chi connectivity index (χ1n) is 5.25. The second-order valence-corrected chi connectivity index (χ2v) is 5.75. The number of terminal acetylenes is 1. The van der Waals surface area contributed by atoms with E-state index in [1.54, 1.807) is 0 Å². The van der Waals surface area contributed by atoms with E-state index >= 15 is 0 Å². The smallest absolute Gasteiger partial charge is 0.258 e. The third-order valence-corrected chi connectivity index (χ3v) is 3.99. The molecule has 102 valence electrons. The van der Waals surface area contributed by atoms with E-state index in [9.17, 15) is 18.5 Å². The number of hydrogen-bond donors (Lipinski definition) is 1. The molecule has 0 aliphatic carbocycles. The second kappa shape index (κ2) is 6.52. The number of nitro groups is 1. The Bertz CT molecular complexity index is 622. The molecule has 0 spiro atoms. The Kier molecular flexibility index (Phi) is 5.30. The SMILES string of the molecule is C#CCCCNS(=O)(=O)c1ccc(Cl)c([N+](=O)[O-])c1. The van der Waals surface area contributed by atoms with Gasteiger partial charge in [-0.1, -0.05) is 11.6 Å². The van der Waals surface area contributed by atoms with Crippen LogP contribution in [0.4, 0.5) is 5.69 Å². The summed E-state index contributed by atoms with van der Waals surface area (Å²) in [4.78, 5) is 9.74. The lowest BCUT2D eigenvalue weighted by Gasteiger charge is -2.06. The van der Waals surface area contributed by atoms with Crippen LogP contribution in [0.25, 0.3) is 0 Å². The number of nitrogens with zero attached hydrogens (tertiary/aromatic N) is 1. The predicted molar refractivity (Wildman–Crippen MR) is 71.4 cm³/mol. The van der Waals surface area contributed by atoms with Crippen LogP contribution in [0.5, 0.6) is 0 Å². The van der Waals surface area contributed by atoms with Crippen LogP contribution in [0, 0.1) is 22.5 Å². The molecule has 0 amide bonds. The summed E-state index contributed by atoms with van der Waals surface area (Å²) in [6.07, 6.45) is 5.98. The molecule has 0 aliphatic heterocycles. The van der Waals surface area contributed by atoms with Gasteiger partial charge in [0.1, 0.15) is 5.02 Å². The highest BCUT2D eigenvalue weighted by atomic mass is 35.5. The molecule has 0 radical (unpaired) electrons. The summed E-state index contributed by atoms with van der Waals surface area (Å²) in [6.45, 7) is 0.170. The van der Waals surface area contributed by atoms with E-state index < -0.39 is 20.6 Å². The van der Waals surface area contributed by atoms with Gasteiger partial charge in [-0.25, -0.2) is 13.1 Å². The van der Waals surface area contributed by atoms with Crippen LogP contribution in [0.2, 0.25) is 5.02 Å². The first-order chi connectivity index (χ1) is 8.88. The van der Waals surface area contributed by atoms with Crippen LogP contribution in [0.3, 0.4) is 0 Å². The number of hydrogen-bond acceptors (Lipinski definition) is 4. The highest BCUT2D eigenvalue weighted by Gasteiger charge is 2.20. The highest BCUT2D eigenvalue weighted by Crippen LogP contribution is 2.26. The molecule has 0 unspecified atom stereocenters. The zero-order valence-electron chi connectivity index (χ0n) is 9.80. The number of nitrogens with one attached hydrogen (secondary N) is 1. The van der Waals surface area contributed by atoms with E-state index in [0.717, 1.165) is 6.07 Å². The highest BCUT2D eigenvalue weighted by molar-refractivity contribution is 7.89. The summed E-state index contributed by atoms with van der Waals surface area (Å²) in [5.41, 5.74) is -0.451. The van der Waals surface area contributed by atoms with Crippen molar-refractivity contribution in [2.45, 2.75) is 17.7 Å². The first kappa shape index (κ1) is 15.4. The Morgan fingerprint density at radius 1 is 1.47 bits per heavy atom. The maximum Gasteiger partial charge on any atom is 0.289 e. The van der Waals surface area contributed by atoms with E-state index in [2.05, 4.69) is 10.6 Å². The Labute approximate surface area is 116 Å². The van der Waals surface area contributed by atoms with Crippen molar-refractivity contribution in [3.63, 3.8) is 0 Å². The summed E-state index contributed by atoms with van der Waals surface area (Å²) >= 11 is 5.61. The van der Waals surface area contributed by atoms with E-state index in [-0.39, 0.29) is 16.5 Å². The van der Waals surface area contributed by atoms with Crippen molar-refractivity contribution in [2.75, 3.05) is 6.54 Å². The number of nitro benzene ring substituents is 1. The zero-order chi connectivity index (χ0) is 14.5. The lowest BCUT2D eigenvalue weighted by atomic mass is 10.3. The molecule has 1 rings (SSSR count). The van der Waals surface area contributed by atoms with Gasteiger partial charge < -0.3 is 0 Å². The molecule has 0 aromatic heterocycles. The molecule has 0 aliphatic rings. The number of benzene rings is 1. The summed E-state index contributed by atoms with van der Waals surface area (Å²) in [5.74, 6) is 2.38. The molecule has 1 aromatic rings. The number of unbranched alkanes of at least 4 members (excludes halogenated alkanes) is 1. The average Bonchev–Trinajstić information content (AvgIpc) is 2.34. The van der Waals surface area contributed by atoms with Crippen molar-refractivity contribution >= 4 is 27.3 Å². The van der Waals surface area contributed by atoms with Crippen molar-refractivity contribution in [3.05, 3.63) is 33.3 Å². The third kappa shape index (κ3) is 4.21. The van der Waals surface area contributed by atoms with Gasteiger partial charge in [-0.05, 0) is 18.6 Å². The molecule has 0 bridgehead atoms. The standard InChI is InChI=1S/C11H11ClN2O4S/c1-2-3-4-7-13-19(17,18)9-5-6-10(12)11(8-9)14(15)16/h1,5-6,8,13H,3-4,7H2. The molecule has 0 saturated carbocycles. The first-order valence-corrected chi connectivity index (χ1v) is 7.11. The van der Waals surface area contributed by atoms with E-state index in [4.69, 9.17) is 18.0 Å². The summed E-state index contributed by atoms with van der Waals surface area (Å²) in [6, 6.07) is 3.31. The largest absolute Gasteiger partial charge is 0.289 e. The topological polar surface area (TPSA) is 89.3 Å². The average molecular weight is 303 g/mol. The predicted octanol–water partition coefficient (Wildman–Crippen LogP) is 1.94.